The molecule has 1 aliphatic carbocycles. The zero-order valence-corrected chi connectivity index (χ0v) is 27.1. The van der Waals surface area contributed by atoms with Crippen LogP contribution in [0.3, 0.4) is 0 Å². The Labute approximate surface area is 278 Å². The molecule has 2 aromatic carbocycles. The molecule has 3 aromatic rings. The first-order chi connectivity index (χ1) is 22.8. The minimum Gasteiger partial charge on any atom is -0.489 e. The van der Waals surface area contributed by atoms with Gasteiger partial charge >= 0.3 is 12.1 Å². The Hall–Kier alpha value is -4.77. The smallest absolute Gasteiger partial charge is 0.420 e. The van der Waals surface area contributed by atoms with Crippen LogP contribution in [0.15, 0.2) is 35.3 Å². The molecule has 0 saturated heterocycles. The number of benzene rings is 2. The number of carboxylic acid groups (broad SMARTS) is 1. The number of hydrogen-bond donors (Lipinski definition) is 3. The van der Waals surface area contributed by atoms with E-state index < -0.39 is 87.5 Å². The molecule has 0 unspecified atom stereocenters. The maximum absolute atomic E-state index is 16.4. The van der Waals surface area contributed by atoms with Crippen molar-refractivity contribution in [2.24, 2.45) is 11.7 Å². The van der Waals surface area contributed by atoms with E-state index in [0.717, 1.165) is 24.4 Å². The lowest BCUT2D eigenvalue weighted by molar-refractivity contribution is -0.139. The highest BCUT2D eigenvalue weighted by Crippen LogP contribution is 2.40. The molecule has 4 rings (SSSR count). The fraction of sp³-hybridized carbons (Fsp3) is 0.400. The van der Waals surface area contributed by atoms with Gasteiger partial charge < -0.3 is 20.9 Å². The number of aliphatic carboxylic acids is 1. The van der Waals surface area contributed by atoms with Gasteiger partial charge in [-0.05, 0) is 73.9 Å². The Morgan fingerprint density at radius 2 is 1.71 bits per heavy atom. The van der Waals surface area contributed by atoms with Gasteiger partial charge in [0.1, 0.15) is 41.4 Å². The Kier molecular flexibility index (Phi) is 10.6. The van der Waals surface area contributed by atoms with Crippen LogP contribution < -0.4 is 21.3 Å². The van der Waals surface area contributed by atoms with Crippen LogP contribution in [-0.2, 0) is 15.8 Å². The van der Waals surface area contributed by atoms with Gasteiger partial charge in [-0.15, -0.1) is 6.42 Å². The molecule has 1 amide bonds. The molecule has 49 heavy (non-hydrogen) atoms. The predicted octanol–water partition coefficient (Wildman–Crippen LogP) is 6.34. The number of ether oxygens (including phenoxy) is 1. The summed E-state index contributed by atoms with van der Waals surface area (Å²) in [5.41, 5.74) is 1.53. The Bertz CT molecular complexity index is 1870. The summed E-state index contributed by atoms with van der Waals surface area (Å²) in [6.45, 7) is 5.97. The SMILES string of the molecule is C#Cc1cc(-c2c(C)cc(F)cc2C)c(F)c([C@H](CC(=O)O)NC(=O)[C@@H](CC(C)C)n2cc(OCC3(N)CC3)c(C(F)(F)F)cc2=O)c1F. The normalized spacial score (nSPS) is 15.0. The zero-order valence-electron chi connectivity index (χ0n) is 27.1. The van der Waals surface area contributed by atoms with E-state index in [4.69, 9.17) is 16.9 Å². The average Bonchev–Trinajstić information content (AvgIpc) is 3.72. The summed E-state index contributed by atoms with van der Waals surface area (Å²) in [7, 11) is 0. The van der Waals surface area contributed by atoms with Crippen LogP contribution in [-0.4, -0.2) is 33.7 Å². The standard InChI is InChI=1S/C35H35F6N3O5/c1-6-20-12-22(29-18(4)10-21(36)11-19(29)5)32(38)30(31(20)37)24(14-28(46)47)43-33(48)25(9-17(2)3)44-15-26(49-16-34(42)7-8-34)23(13-27(44)45)35(39,40)41/h1,10-13,15,17,24-25H,7-9,14,16,42H2,2-5H3,(H,43,48)(H,46,47)/t24-,25+/m0/s1. The van der Waals surface area contributed by atoms with E-state index >= 15 is 8.78 Å². The summed E-state index contributed by atoms with van der Waals surface area (Å²) in [6, 6.07) is 0.0237. The van der Waals surface area contributed by atoms with Gasteiger partial charge in [0, 0.05) is 17.2 Å². The number of carboxylic acids is 1. The number of halogens is 6. The molecule has 2 atom stereocenters. The fourth-order valence-electron chi connectivity index (χ4n) is 5.68. The lowest BCUT2D eigenvalue weighted by Crippen LogP contribution is -2.41. The average molecular weight is 692 g/mol. The van der Waals surface area contributed by atoms with E-state index in [9.17, 15) is 37.1 Å². The highest BCUT2D eigenvalue weighted by atomic mass is 19.4. The number of aromatic nitrogens is 1. The molecular weight excluding hydrogens is 656 g/mol. The summed E-state index contributed by atoms with van der Waals surface area (Å²) >= 11 is 0. The quantitative estimate of drug-likeness (QED) is 0.151. The molecule has 14 heteroatoms. The van der Waals surface area contributed by atoms with E-state index in [0.29, 0.717) is 17.4 Å². The minimum absolute atomic E-state index is 0.157. The first kappa shape index (κ1) is 37.1. The maximum atomic E-state index is 16.4. The molecule has 4 N–H and O–H groups in total. The molecule has 0 spiro atoms. The number of rotatable bonds is 12. The van der Waals surface area contributed by atoms with Crippen LogP contribution in [0.25, 0.3) is 11.1 Å². The second-order valence-corrected chi connectivity index (χ2v) is 12.8. The number of alkyl halides is 3. The molecule has 0 aliphatic heterocycles. The minimum atomic E-state index is -5.00. The molecule has 1 heterocycles. The second kappa shape index (κ2) is 14.0. The van der Waals surface area contributed by atoms with E-state index in [2.05, 4.69) is 11.2 Å². The van der Waals surface area contributed by atoms with Crippen molar-refractivity contribution >= 4 is 11.9 Å². The summed E-state index contributed by atoms with van der Waals surface area (Å²) in [6.07, 6.45) is 1.04. The van der Waals surface area contributed by atoms with Crippen LogP contribution in [0.4, 0.5) is 26.3 Å². The summed E-state index contributed by atoms with van der Waals surface area (Å²) in [5.74, 6) is -4.98. The van der Waals surface area contributed by atoms with Crippen molar-refractivity contribution in [2.75, 3.05) is 6.61 Å². The number of terminal acetylenes is 1. The van der Waals surface area contributed by atoms with Gasteiger partial charge in [0.25, 0.3) is 5.56 Å². The number of nitrogens with zero attached hydrogens (tertiary/aromatic N) is 1. The number of hydrogen-bond acceptors (Lipinski definition) is 5. The number of pyridine rings is 1. The number of nitrogens with two attached hydrogens (primary N) is 1. The van der Waals surface area contributed by atoms with Crippen LogP contribution in [0.1, 0.15) is 79.4 Å². The van der Waals surface area contributed by atoms with Crippen molar-refractivity contribution in [1.29, 1.82) is 0 Å². The van der Waals surface area contributed by atoms with Crippen molar-refractivity contribution in [2.45, 2.75) is 77.2 Å². The molecular formula is C35H35F6N3O5. The lowest BCUT2D eigenvalue weighted by Gasteiger charge is -2.27. The van der Waals surface area contributed by atoms with Crippen molar-refractivity contribution in [3.63, 3.8) is 0 Å². The number of nitrogens with one attached hydrogen (secondary N) is 1. The molecule has 0 radical (unpaired) electrons. The molecule has 1 aliphatic rings. The van der Waals surface area contributed by atoms with Gasteiger partial charge in [0.05, 0.1) is 29.8 Å². The molecule has 8 nitrogen and oxygen atoms in total. The fourth-order valence-corrected chi connectivity index (χ4v) is 5.68. The van der Waals surface area contributed by atoms with Crippen molar-refractivity contribution in [1.82, 2.24) is 9.88 Å². The van der Waals surface area contributed by atoms with Gasteiger partial charge in [-0.3, -0.25) is 19.0 Å². The Balaban J connectivity index is 1.85. The van der Waals surface area contributed by atoms with Crippen LogP contribution in [0.2, 0.25) is 0 Å². The van der Waals surface area contributed by atoms with Gasteiger partial charge in [0.15, 0.2) is 0 Å². The molecule has 0 bridgehead atoms. The largest absolute Gasteiger partial charge is 0.489 e. The van der Waals surface area contributed by atoms with Crippen LogP contribution in [0, 0.1) is 49.6 Å². The van der Waals surface area contributed by atoms with Crippen molar-refractivity contribution in [3.05, 3.63) is 86.1 Å². The Morgan fingerprint density at radius 3 is 2.22 bits per heavy atom. The van der Waals surface area contributed by atoms with Crippen LogP contribution >= 0.6 is 0 Å². The van der Waals surface area contributed by atoms with Crippen molar-refractivity contribution < 1.29 is 45.8 Å². The van der Waals surface area contributed by atoms with E-state index in [1.807, 2.05) is 0 Å². The first-order valence-electron chi connectivity index (χ1n) is 15.3. The van der Waals surface area contributed by atoms with Crippen LogP contribution in [0.5, 0.6) is 5.75 Å². The first-order valence-corrected chi connectivity index (χ1v) is 15.3. The van der Waals surface area contributed by atoms with E-state index in [1.54, 1.807) is 13.8 Å². The van der Waals surface area contributed by atoms with Gasteiger partial charge in [-0.25, -0.2) is 13.2 Å². The van der Waals surface area contributed by atoms with Crippen molar-refractivity contribution in [3.8, 4) is 29.2 Å². The predicted molar refractivity (Wildman–Crippen MR) is 168 cm³/mol. The van der Waals surface area contributed by atoms with Gasteiger partial charge in [-0.1, -0.05) is 19.8 Å². The maximum Gasteiger partial charge on any atom is 0.420 e. The number of aryl methyl sites for hydroxylation is 2. The summed E-state index contributed by atoms with van der Waals surface area (Å²) < 4.78 is 94.2. The molecule has 1 aromatic heterocycles. The molecule has 262 valence electrons. The number of carbonyl (C=O) groups is 2. The highest BCUT2D eigenvalue weighted by molar-refractivity contribution is 5.82. The Morgan fingerprint density at radius 1 is 1.10 bits per heavy atom. The third-order valence-electron chi connectivity index (χ3n) is 8.29. The highest BCUT2D eigenvalue weighted by Gasteiger charge is 2.42. The zero-order chi connectivity index (χ0) is 36.6. The van der Waals surface area contributed by atoms with Gasteiger partial charge in [0.2, 0.25) is 5.91 Å². The summed E-state index contributed by atoms with van der Waals surface area (Å²) in [4.78, 5) is 39.0. The summed E-state index contributed by atoms with van der Waals surface area (Å²) in [5, 5.41) is 12.0. The molecule has 1 fully saturated rings. The third-order valence-corrected chi connectivity index (χ3v) is 8.29. The van der Waals surface area contributed by atoms with E-state index in [1.165, 1.54) is 13.8 Å². The number of carbonyl (C=O) groups excluding carboxylic acids is 1. The van der Waals surface area contributed by atoms with E-state index in [-0.39, 0.29) is 47.3 Å². The monoisotopic (exact) mass is 691 g/mol. The molecule has 1 saturated carbocycles. The van der Waals surface area contributed by atoms with Gasteiger partial charge in [-0.2, -0.15) is 13.2 Å². The number of amides is 1. The lowest BCUT2D eigenvalue weighted by atomic mass is 9.89. The third kappa shape index (κ3) is 8.28. The second-order valence-electron chi connectivity index (χ2n) is 12.8. The topological polar surface area (TPSA) is 124 Å².